The van der Waals surface area contributed by atoms with Crippen LogP contribution in [0.2, 0.25) is 0 Å². The van der Waals surface area contributed by atoms with Crippen LogP contribution in [-0.4, -0.2) is 65.1 Å². The first-order valence-corrected chi connectivity index (χ1v) is 11.8. The lowest BCUT2D eigenvalue weighted by Gasteiger charge is -2.39. The molecule has 6 heteroatoms. The molecule has 0 N–H and O–H groups in total. The molecule has 2 aliphatic rings. The van der Waals surface area contributed by atoms with Crippen LogP contribution in [0.5, 0.6) is 0 Å². The highest BCUT2D eigenvalue weighted by Gasteiger charge is 2.29. The van der Waals surface area contributed by atoms with E-state index in [1.54, 1.807) is 0 Å². The average Bonchev–Trinajstić information content (AvgIpc) is 2.91. The first kappa shape index (κ1) is 21.7. The van der Waals surface area contributed by atoms with Gasteiger partial charge in [-0.05, 0) is 30.0 Å². The Morgan fingerprint density at radius 2 is 1.45 bits per heavy atom. The van der Waals surface area contributed by atoms with Crippen molar-refractivity contribution in [3.63, 3.8) is 0 Å². The summed E-state index contributed by atoms with van der Waals surface area (Å²) in [7, 11) is 0. The number of carbonyl (C=O) groups excluding carboxylic acids is 1. The molecule has 2 aromatic carbocycles. The fourth-order valence-corrected chi connectivity index (χ4v) is 4.94. The van der Waals surface area contributed by atoms with E-state index in [4.69, 9.17) is 4.74 Å². The van der Waals surface area contributed by atoms with Gasteiger partial charge in [0.1, 0.15) is 12.0 Å². The van der Waals surface area contributed by atoms with Crippen molar-refractivity contribution in [1.82, 2.24) is 19.8 Å². The molecule has 1 aromatic heterocycles. The summed E-state index contributed by atoms with van der Waals surface area (Å²) in [4.78, 5) is 26.4. The topological polar surface area (TPSA) is 58.6 Å². The van der Waals surface area contributed by atoms with Gasteiger partial charge in [0.25, 0.3) is 5.91 Å². The minimum Gasteiger partial charge on any atom is -0.381 e. The van der Waals surface area contributed by atoms with Gasteiger partial charge in [-0.15, -0.1) is 0 Å². The predicted molar refractivity (Wildman–Crippen MR) is 127 cm³/mol. The van der Waals surface area contributed by atoms with Crippen molar-refractivity contribution < 1.29 is 9.53 Å². The van der Waals surface area contributed by atoms with E-state index in [2.05, 4.69) is 75.5 Å². The number of carbonyl (C=O) groups is 1. The standard InChI is InChI=1S/C27H30N4O2/c32-27(25-19-24(28-20-29-25)21-11-17-33-18-12-21)31-15-13-30(14-16-31)26(22-7-3-1-4-8-22)23-9-5-2-6-10-23/h1-10,19-21,26H,11-18H2. The Balaban J connectivity index is 1.29. The number of hydrogen-bond donors (Lipinski definition) is 0. The summed E-state index contributed by atoms with van der Waals surface area (Å²) >= 11 is 0. The molecule has 0 radical (unpaired) electrons. The molecular formula is C27H30N4O2. The average molecular weight is 443 g/mol. The van der Waals surface area contributed by atoms with Crippen LogP contribution >= 0.6 is 0 Å². The first-order chi connectivity index (χ1) is 16.3. The number of aromatic nitrogens is 2. The van der Waals surface area contributed by atoms with Crippen LogP contribution in [0, 0.1) is 0 Å². The van der Waals surface area contributed by atoms with E-state index in [1.807, 2.05) is 11.0 Å². The minimum absolute atomic E-state index is 0.00123. The number of nitrogens with zero attached hydrogens (tertiary/aromatic N) is 4. The van der Waals surface area contributed by atoms with Gasteiger partial charge in [-0.2, -0.15) is 0 Å². The molecule has 33 heavy (non-hydrogen) atoms. The van der Waals surface area contributed by atoms with Crippen molar-refractivity contribution >= 4 is 5.91 Å². The molecule has 0 atom stereocenters. The number of rotatable bonds is 5. The van der Waals surface area contributed by atoms with E-state index in [9.17, 15) is 4.79 Å². The van der Waals surface area contributed by atoms with Crippen molar-refractivity contribution in [3.8, 4) is 0 Å². The van der Waals surface area contributed by atoms with Gasteiger partial charge in [-0.1, -0.05) is 60.7 Å². The SMILES string of the molecule is O=C(c1cc(C2CCOCC2)ncn1)N1CCN(C(c2ccccc2)c2ccccc2)CC1. The molecule has 6 nitrogen and oxygen atoms in total. The second-order valence-electron chi connectivity index (χ2n) is 8.77. The molecule has 2 aliphatic heterocycles. The Morgan fingerprint density at radius 3 is 2.06 bits per heavy atom. The summed E-state index contributed by atoms with van der Waals surface area (Å²) in [6.45, 7) is 4.52. The summed E-state index contributed by atoms with van der Waals surface area (Å²) in [6.07, 6.45) is 3.43. The lowest BCUT2D eigenvalue weighted by atomic mass is 9.95. The second kappa shape index (κ2) is 10.2. The lowest BCUT2D eigenvalue weighted by molar-refractivity contribution is 0.0591. The molecule has 2 fully saturated rings. The Bertz CT molecular complexity index is 1010. The summed E-state index contributed by atoms with van der Waals surface area (Å²) in [5, 5.41) is 0. The fraction of sp³-hybridized carbons (Fsp3) is 0.370. The highest BCUT2D eigenvalue weighted by atomic mass is 16.5. The van der Waals surface area contributed by atoms with Gasteiger partial charge in [0, 0.05) is 51.0 Å². The van der Waals surface area contributed by atoms with Crippen molar-refractivity contribution in [2.75, 3.05) is 39.4 Å². The van der Waals surface area contributed by atoms with Gasteiger partial charge in [0.15, 0.2) is 0 Å². The van der Waals surface area contributed by atoms with E-state index in [1.165, 1.54) is 17.5 Å². The third-order valence-electron chi connectivity index (χ3n) is 6.74. The van der Waals surface area contributed by atoms with Crippen LogP contribution in [0.1, 0.15) is 52.1 Å². The predicted octanol–water partition coefficient (Wildman–Crippen LogP) is 3.92. The van der Waals surface area contributed by atoms with E-state index in [-0.39, 0.29) is 11.9 Å². The third kappa shape index (κ3) is 4.97. The number of piperazine rings is 1. The molecule has 0 unspecified atom stereocenters. The number of hydrogen-bond acceptors (Lipinski definition) is 5. The van der Waals surface area contributed by atoms with Crippen molar-refractivity contribution in [2.45, 2.75) is 24.8 Å². The highest BCUT2D eigenvalue weighted by Crippen LogP contribution is 2.30. The zero-order chi connectivity index (χ0) is 22.5. The maximum Gasteiger partial charge on any atom is 0.272 e. The molecule has 3 aromatic rings. The summed E-state index contributed by atoms with van der Waals surface area (Å²) in [6, 6.07) is 23.3. The van der Waals surface area contributed by atoms with E-state index >= 15 is 0 Å². The number of amides is 1. The van der Waals surface area contributed by atoms with Gasteiger partial charge < -0.3 is 9.64 Å². The summed E-state index contributed by atoms with van der Waals surface area (Å²) in [5.41, 5.74) is 4.02. The van der Waals surface area contributed by atoms with Crippen LogP contribution in [0.15, 0.2) is 73.1 Å². The van der Waals surface area contributed by atoms with Crippen molar-refractivity contribution in [1.29, 1.82) is 0 Å². The maximum atomic E-state index is 13.2. The Hall–Kier alpha value is -3.09. The number of benzene rings is 2. The van der Waals surface area contributed by atoms with E-state index < -0.39 is 0 Å². The molecule has 5 rings (SSSR count). The first-order valence-electron chi connectivity index (χ1n) is 11.8. The van der Waals surface area contributed by atoms with E-state index in [0.29, 0.717) is 24.7 Å². The molecule has 2 saturated heterocycles. The van der Waals surface area contributed by atoms with Crippen LogP contribution in [0.3, 0.4) is 0 Å². The smallest absolute Gasteiger partial charge is 0.272 e. The zero-order valence-corrected chi connectivity index (χ0v) is 18.8. The summed E-state index contributed by atoms with van der Waals surface area (Å²) in [5.74, 6) is 0.351. The molecule has 0 saturated carbocycles. The van der Waals surface area contributed by atoms with Crippen molar-refractivity contribution in [3.05, 3.63) is 95.6 Å². The Labute approximate surface area is 195 Å². The monoisotopic (exact) mass is 442 g/mol. The quantitative estimate of drug-likeness (QED) is 0.600. The van der Waals surface area contributed by atoms with Gasteiger partial charge in [-0.25, -0.2) is 9.97 Å². The number of ether oxygens (including phenoxy) is 1. The molecular weight excluding hydrogens is 412 g/mol. The van der Waals surface area contributed by atoms with Crippen molar-refractivity contribution in [2.24, 2.45) is 0 Å². The zero-order valence-electron chi connectivity index (χ0n) is 18.8. The molecule has 3 heterocycles. The minimum atomic E-state index is 0.00123. The molecule has 1 amide bonds. The molecule has 0 aliphatic carbocycles. The van der Waals surface area contributed by atoms with Gasteiger partial charge in [-0.3, -0.25) is 9.69 Å². The van der Waals surface area contributed by atoms with Crippen LogP contribution in [-0.2, 0) is 4.74 Å². The van der Waals surface area contributed by atoms with Crippen LogP contribution in [0.4, 0.5) is 0 Å². The Kier molecular flexibility index (Phi) is 6.74. The molecule has 0 spiro atoms. The Morgan fingerprint density at radius 1 is 0.848 bits per heavy atom. The summed E-state index contributed by atoms with van der Waals surface area (Å²) < 4.78 is 5.46. The van der Waals surface area contributed by atoms with Crippen LogP contribution < -0.4 is 0 Å². The molecule has 0 bridgehead atoms. The van der Waals surface area contributed by atoms with Crippen LogP contribution in [0.25, 0.3) is 0 Å². The van der Waals surface area contributed by atoms with Gasteiger partial charge in [0.05, 0.1) is 6.04 Å². The second-order valence-corrected chi connectivity index (χ2v) is 8.77. The van der Waals surface area contributed by atoms with Gasteiger partial charge in [0.2, 0.25) is 0 Å². The third-order valence-corrected chi connectivity index (χ3v) is 6.74. The molecule has 170 valence electrons. The van der Waals surface area contributed by atoms with Gasteiger partial charge >= 0.3 is 0 Å². The largest absolute Gasteiger partial charge is 0.381 e. The fourth-order valence-electron chi connectivity index (χ4n) is 4.94. The van der Waals surface area contributed by atoms with E-state index in [0.717, 1.165) is 44.8 Å². The highest BCUT2D eigenvalue weighted by molar-refractivity contribution is 5.92. The lowest BCUT2D eigenvalue weighted by Crippen LogP contribution is -2.50. The normalized spacial score (nSPS) is 17.9. The maximum absolute atomic E-state index is 13.2.